The van der Waals surface area contributed by atoms with Gasteiger partial charge in [0.25, 0.3) is 0 Å². The van der Waals surface area contributed by atoms with E-state index in [0.717, 1.165) is 33.4 Å². The first-order valence-electron chi connectivity index (χ1n) is 24.1. The van der Waals surface area contributed by atoms with Crippen molar-refractivity contribution in [3.8, 4) is 0 Å². The number of hydrogen-bond acceptors (Lipinski definition) is 9. The van der Waals surface area contributed by atoms with Gasteiger partial charge >= 0.3 is 0 Å². The number of rotatable bonds is 21. The molecule has 10 heteroatoms. The Morgan fingerprint density at radius 1 is 0.464 bits per heavy atom. The maximum atomic E-state index is 7.39. The highest BCUT2D eigenvalue weighted by atomic mass is 28.4. The summed E-state index contributed by atoms with van der Waals surface area (Å²) in [5.74, 6) is 0. The summed E-state index contributed by atoms with van der Waals surface area (Å²) in [4.78, 5) is 0. The van der Waals surface area contributed by atoms with Gasteiger partial charge in [0.2, 0.25) is 0 Å². The number of hydrogen-bond donors (Lipinski definition) is 0. The van der Waals surface area contributed by atoms with Crippen LogP contribution in [0.25, 0.3) is 0 Å². The van der Waals surface area contributed by atoms with Gasteiger partial charge in [-0.25, -0.2) is 0 Å². The predicted octanol–water partition coefficient (Wildman–Crippen LogP) is 11.8. The van der Waals surface area contributed by atoms with Gasteiger partial charge in [0.05, 0.1) is 39.1 Å². The maximum Gasteiger partial charge on any atom is 0.193 e. The predicted molar refractivity (Wildman–Crippen MR) is 272 cm³/mol. The lowest BCUT2D eigenvalue weighted by molar-refractivity contribution is -0.327. The zero-order valence-corrected chi connectivity index (χ0v) is 41.8. The second-order valence-electron chi connectivity index (χ2n) is 19.3. The minimum Gasteiger partial charge on any atom is -0.408 e. The van der Waals surface area contributed by atoms with Gasteiger partial charge in [-0.05, 0) is 57.6 Å². The molecule has 0 radical (unpaired) electrons. The molecule has 2 aliphatic rings. The van der Waals surface area contributed by atoms with E-state index in [1.54, 1.807) is 7.11 Å². The zero-order valence-electron chi connectivity index (χ0n) is 40.8. The van der Waals surface area contributed by atoms with E-state index in [1.165, 1.54) is 0 Å². The molecule has 9 nitrogen and oxygen atoms in total. The summed E-state index contributed by atoms with van der Waals surface area (Å²) >= 11 is 0. The van der Waals surface area contributed by atoms with Crippen LogP contribution in [0.5, 0.6) is 0 Å². The van der Waals surface area contributed by atoms with Gasteiger partial charge in [0.15, 0.2) is 20.9 Å². The second-order valence-corrected chi connectivity index (χ2v) is 24.0. The van der Waals surface area contributed by atoms with Crippen molar-refractivity contribution in [2.45, 2.75) is 114 Å². The Kier molecular flexibility index (Phi) is 17.3. The van der Waals surface area contributed by atoms with E-state index in [2.05, 4.69) is 113 Å². The van der Waals surface area contributed by atoms with Crippen LogP contribution in [0, 0.1) is 0 Å². The molecule has 2 heterocycles. The number of ether oxygens (including phenoxy) is 8. The molecule has 69 heavy (non-hydrogen) atoms. The van der Waals surface area contributed by atoms with Crippen LogP contribution in [0.2, 0.25) is 18.1 Å². The van der Waals surface area contributed by atoms with E-state index in [9.17, 15) is 0 Å². The fourth-order valence-electron chi connectivity index (χ4n) is 8.72. The molecule has 1 saturated heterocycles. The van der Waals surface area contributed by atoms with Crippen LogP contribution >= 0.6 is 0 Å². The molecule has 0 saturated carbocycles. The molecule has 2 aliphatic heterocycles. The van der Waals surface area contributed by atoms with Crippen molar-refractivity contribution in [3.63, 3.8) is 0 Å². The number of benzene rings is 6. The molecule has 8 rings (SSSR count). The first-order chi connectivity index (χ1) is 33.5. The van der Waals surface area contributed by atoms with Crippen molar-refractivity contribution in [3.05, 3.63) is 228 Å². The largest absolute Gasteiger partial charge is 0.408 e. The highest BCUT2D eigenvalue weighted by Gasteiger charge is 2.50. The molecule has 0 amide bonds. The number of methoxy groups -OCH3 is 1. The maximum absolute atomic E-state index is 7.39. The lowest BCUT2D eigenvalue weighted by Crippen LogP contribution is -2.61. The van der Waals surface area contributed by atoms with Gasteiger partial charge in [-0.2, -0.15) is 0 Å². The van der Waals surface area contributed by atoms with Crippen molar-refractivity contribution in [2.24, 2.45) is 0 Å². The summed E-state index contributed by atoms with van der Waals surface area (Å²) in [5, 5.41) is -0.0474. The molecule has 0 aliphatic carbocycles. The van der Waals surface area contributed by atoms with Crippen molar-refractivity contribution >= 4 is 8.32 Å². The summed E-state index contributed by atoms with van der Waals surface area (Å²) in [6.07, 6.45) is -1.04. The standard InChI is InChI=1S/C59H68O9Si/c1-58(2,3)69(5,6)68-50-37-38-53(66-51(50)43-65-59(47-31-19-10-20-32-47,48-33-21-11-22-34-48)49-35-23-12-24-36-49)61-42-52-54(62-39-44-25-13-7-14-26-44)55(63-40-45-27-15-8-16-28-45)56(57(60-4)67-52)64-41-46-29-17-9-18-30-46/h7-38,50-57H,39-43H2,1-6H3/t50-,51+,52+,53-,54+,55-,56+,57-/m0/s1. The topological polar surface area (TPSA) is 83.1 Å². The molecule has 0 aromatic heterocycles. The van der Waals surface area contributed by atoms with E-state index in [1.807, 2.05) is 115 Å². The lowest BCUT2D eigenvalue weighted by Gasteiger charge is -2.46. The molecule has 6 aromatic carbocycles. The van der Waals surface area contributed by atoms with E-state index >= 15 is 0 Å². The van der Waals surface area contributed by atoms with Crippen LogP contribution in [0.4, 0.5) is 0 Å². The summed E-state index contributed by atoms with van der Waals surface area (Å²) < 4.78 is 61.6. The molecule has 0 N–H and O–H groups in total. The SMILES string of the molecule is CO[C@H]1O[C@H](CO[C@@H]2C=C[C@H](O[Si](C)(C)C(C)(C)C)[C@@H](COC(c3ccccc3)(c3ccccc3)c3ccccc3)O2)[C@@H](OCc2ccccc2)[C@H](OCc2ccccc2)[C@H]1OCc1ccccc1. The average Bonchev–Trinajstić information content (AvgIpc) is 3.38. The van der Waals surface area contributed by atoms with Crippen LogP contribution in [-0.4, -0.2) is 77.8 Å². The Bertz CT molecular complexity index is 2340. The zero-order chi connectivity index (χ0) is 48.1. The fraction of sp³-hybridized carbons (Fsp3) is 0.356. The van der Waals surface area contributed by atoms with Gasteiger partial charge in [-0.3, -0.25) is 0 Å². The van der Waals surface area contributed by atoms with Gasteiger partial charge in [-0.1, -0.05) is 209 Å². The van der Waals surface area contributed by atoms with Gasteiger partial charge in [-0.15, -0.1) is 0 Å². The molecule has 6 aromatic rings. The summed E-state index contributed by atoms with van der Waals surface area (Å²) in [6, 6.07) is 61.4. The third-order valence-electron chi connectivity index (χ3n) is 13.5. The smallest absolute Gasteiger partial charge is 0.193 e. The molecular weight excluding hydrogens is 881 g/mol. The molecule has 8 atom stereocenters. The highest BCUT2D eigenvalue weighted by molar-refractivity contribution is 6.74. The van der Waals surface area contributed by atoms with Crippen molar-refractivity contribution < 1.29 is 42.3 Å². The Morgan fingerprint density at radius 2 is 0.884 bits per heavy atom. The van der Waals surface area contributed by atoms with E-state index < -0.39 is 63.1 Å². The normalized spacial score (nSPS) is 23.2. The Balaban J connectivity index is 1.09. The van der Waals surface area contributed by atoms with E-state index in [4.69, 9.17) is 42.3 Å². The Hall–Kier alpha value is -5.08. The third-order valence-corrected chi connectivity index (χ3v) is 18.0. The first-order valence-corrected chi connectivity index (χ1v) is 27.0. The average molecular weight is 949 g/mol. The third kappa shape index (κ3) is 12.6. The molecule has 0 bridgehead atoms. The van der Waals surface area contributed by atoms with Crippen LogP contribution in [-0.2, 0) is 67.7 Å². The van der Waals surface area contributed by atoms with Crippen LogP contribution in [0.1, 0.15) is 54.2 Å². The second kappa shape index (κ2) is 23.7. The minimum atomic E-state index is -2.31. The van der Waals surface area contributed by atoms with Gasteiger partial charge < -0.3 is 42.3 Å². The van der Waals surface area contributed by atoms with Crippen molar-refractivity contribution in [2.75, 3.05) is 20.3 Å². The van der Waals surface area contributed by atoms with Crippen LogP contribution in [0.3, 0.4) is 0 Å². The fourth-order valence-corrected chi connectivity index (χ4v) is 9.98. The quantitative estimate of drug-likeness (QED) is 0.0398. The first kappa shape index (κ1) is 50.3. The molecule has 0 spiro atoms. The summed E-state index contributed by atoms with van der Waals surface area (Å²) in [5.41, 5.74) is 5.10. The van der Waals surface area contributed by atoms with E-state index in [-0.39, 0.29) is 18.3 Å². The van der Waals surface area contributed by atoms with Crippen LogP contribution < -0.4 is 0 Å². The molecule has 1 fully saturated rings. The van der Waals surface area contributed by atoms with Gasteiger partial charge in [0, 0.05) is 7.11 Å². The molecule has 0 unspecified atom stereocenters. The highest BCUT2D eigenvalue weighted by Crippen LogP contribution is 2.43. The monoisotopic (exact) mass is 948 g/mol. The molecular formula is C59H68O9Si. The van der Waals surface area contributed by atoms with Crippen molar-refractivity contribution in [1.29, 1.82) is 0 Å². The summed E-state index contributed by atoms with van der Waals surface area (Å²) in [7, 11) is -0.679. The van der Waals surface area contributed by atoms with Crippen molar-refractivity contribution in [1.82, 2.24) is 0 Å². The Labute approximate surface area is 410 Å². The minimum absolute atomic E-state index is 0.0474. The lowest BCUT2D eigenvalue weighted by atomic mass is 9.80. The van der Waals surface area contributed by atoms with Gasteiger partial charge in [0.1, 0.15) is 36.1 Å². The Morgan fingerprint density at radius 3 is 1.32 bits per heavy atom. The summed E-state index contributed by atoms with van der Waals surface area (Å²) in [6.45, 7) is 12.5. The van der Waals surface area contributed by atoms with Crippen LogP contribution in [0.15, 0.2) is 194 Å². The van der Waals surface area contributed by atoms with E-state index in [0.29, 0.717) is 19.8 Å². The molecule has 362 valence electrons.